The summed E-state index contributed by atoms with van der Waals surface area (Å²) in [6.45, 7) is 6.60. The van der Waals surface area contributed by atoms with Gasteiger partial charge < -0.3 is 5.73 Å². The highest BCUT2D eigenvalue weighted by molar-refractivity contribution is 7.10. The predicted molar refractivity (Wildman–Crippen MR) is 89.8 cm³/mol. The van der Waals surface area contributed by atoms with E-state index in [9.17, 15) is 0 Å². The van der Waals surface area contributed by atoms with Crippen molar-refractivity contribution < 1.29 is 0 Å². The highest BCUT2D eigenvalue weighted by Gasteiger charge is 2.18. The third-order valence-corrected chi connectivity index (χ3v) is 5.14. The Hall–Kier alpha value is -0.710. The van der Waals surface area contributed by atoms with E-state index in [0.717, 1.165) is 19.3 Å². The molecule has 0 fully saturated rings. The van der Waals surface area contributed by atoms with Crippen LogP contribution in [0.4, 0.5) is 0 Å². The topological polar surface area (TPSA) is 38.9 Å². The summed E-state index contributed by atoms with van der Waals surface area (Å²) in [6, 6.07) is 4.55. The Balaban J connectivity index is 1.76. The second-order valence-corrected chi connectivity index (χ2v) is 8.29. The summed E-state index contributed by atoms with van der Waals surface area (Å²) in [5, 5.41) is 5.49. The van der Waals surface area contributed by atoms with E-state index in [4.69, 9.17) is 10.7 Å². The summed E-state index contributed by atoms with van der Waals surface area (Å²) in [7, 11) is 0. The van der Waals surface area contributed by atoms with Gasteiger partial charge in [0.2, 0.25) is 0 Å². The molecule has 2 N–H and O–H groups in total. The number of rotatable bonds is 6. The van der Waals surface area contributed by atoms with Crippen molar-refractivity contribution in [2.24, 2.45) is 5.73 Å². The molecule has 2 rings (SSSR count). The second kappa shape index (κ2) is 6.83. The predicted octanol–water partition coefficient (Wildman–Crippen LogP) is 4.39. The van der Waals surface area contributed by atoms with Gasteiger partial charge in [-0.1, -0.05) is 26.8 Å². The van der Waals surface area contributed by atoms with Crippen molar-refractivity contribution in [3.05, 3.63) is 38.5 Å². The van der Waals surface area contributed by atoms with Gasteiger partial charge >= 0.3 is 0 Å². The molecule has 4 heteroatoms. The fraction of sp³-hybridized carbons (Fsp3) is 0.562. The van der Waals surface area contributed by atoms with Crippen LogP contribution in [0.15, 0.2) is 22.9 Å². The first-order chi connectivity index (χ1) is 9.45. The molecule has 2 aromatic heterocycles. The minimum atomic E-state index is 0.137. The van der Waals surface area contributed by atoms with Crippen LogP contribution in [-0.2, 0) is 18.3 Å². The van der Waals surface area contributed by atoms with E-state index in [1.54, 1.807) is 11.3 Å². The number of aromatic nitrogens is 1. The SMILES string of the molecule is CC(C)(C)c1csc(CC(N)CCCc2cccs2)n1. The molecule has 110 valence electrons. The Morgan fingerprint density at radius 3 is 2.70 bits per heavy atom. The molecule has 0 aliphatic rings. The molecule has 2 nitrogen and oxygen atoms in total. The number of nitrogens with zero attached hydrogens (tertiary/aromatic N) is 1. The molecule has 20 heavy (non-hydrogen) atoms. The van der Waals surface area contributed by atoms with Gasteiger partial charge in [-0.2, -0.15) is 0 Å². The second-order valence-electron chi connectivity index (χ2n) is 6.31. The lowest BCUT2D eigenvalue weighted by Gasteiger charge is -2.14. The van der Waals surface area contributed by atoms with Crippen LogP contribution < -0.4 is 5.73 Å². The maximum absolute atomic E-state index is 6.23. The van der Waals surface area contributed by atoms with Crippen molar-refractivity contribution in [1.29, 1.82) is 0 Å². The van der Waals surface area contributed by atoms with Gasteiger partial charge in [0, 0.05) is 28.1 Å². The number of thiazole rings is 1. The minimum Gasteiger partial charge on any atom is -0.327 e. The fourth-order valence-electron chi connectivity index (χ4n) is 2.07. The van der Waals surface area contributed by atoms with Crippen molar-refractivity contribution in [2.75, 3.05) is 0 Å². The molecule has 0 aromatic carbocycles. The summed E-state index contributed by atoms with van der Waals surface area (Å²) in [6.07, 6.45) is 4.29. The summed E-state index contributed by atoms with van der Waals surface area (Å²) in [5.41, 5.74) is 7.55. The van der Waals surface area contributed by atoms with E-state index in [1.165, 1.54) is 22.0 Å². The molecule has 1 unspecified atom stereocenters. The Kier molecular flexibility index (Phi) is 5.35. The summed E-state index contributed by atoms with van der Waals surface area (Å²) in [4.78, 5) is 6.18. The minimum absolute atomic E-state index is 0.137. The Labute approximate surface area is 130 Å². The van der Waals surface area contributed by atoms with E-state index >= 15 is 0 Å². The highest BCUT2D eigenvalue weighted by Crippen LogP contribution is 2.24. The number of hydrogen-bond acceptors (Lipinski definition) is 4. The van der Waals surface area contributed by atoms with Crippen LogP contribution in [0.5, 0.6) is 0 Å². The molecule has 2 aromatic rings. The van der Waals surface area contributed by atoms with E-state index in [1.807, 2.05) is 11.3 Å². The van der Waals surface area contributed by atoms with Gasteiger partial charge in [-0.05, 0) is 30.7 Å². The van der Waals surface area contributed by atoms with Gasteiger partial charge in [-0.25, -0.2) is 4.98 Å². The van der Waals surface area contributed by atoms with Crippen LogP contribution in [0.1, 0.15) is 49.2 Å². The summed E-state index contributed by atoms with van der Waals surface area (Å²) < 4.78 is 0. The molecule has 0 radical (unpaired) electrons. The van der Waals surface area contributed by atoms with E-state index < -0.39 is 0 Å². The maximum Gasteiger partial charge on any atom is 0.0943 e. The van der Waals surface area contributed by atoms with E-state index in [2.05, 4.69) is 43.7 Å². The Bertz CT molecular complexity index is 509. The molecule has 0 saturated carbocycles. The maximum atomic E-state index is 6.23. The van der Waals surface area contributed by atoms with E-state index in [-0.39, 0.29) is 11.5 Å². The molecule has 0 spiro atoms. The largest absolute Gasteiger partial charge is 0.327 e. The monoisotopic (exact) mass is 308 g/mol. The summed E-state index contributed by atoms with van der Waals surface area (Å²) >= 11 is 3.58. The van der Waals surface area contributed by atoms with Crippen molar-refractivity contribution in [2.45, 2.75) is 57.9 Å². The van der Waals surface area contributed by atoms with Crippen molar-refractivity contribution in [3.8, 4) is 0 Å². The van der Waals surface area contributed by atoms with Crippen molar-refractivity contribution in [1.82, 2.24) is 4.98 Å². The fourth-order valence-corrected chi connectivity index (χ4v) is 3.94. The molecular weight excluding hydrogens is 284 g/mol. The Morgan fingerprint density at radius 2 is 2.10 bits per heavy atom. The number of thiophene rings is 1. The van der Waals surface area contributed by atoms with Crippen LogP contribution in [0.2, 0.25) is 0 Å². The van der Waals surface area contributed by atoms with Crippen molar-refractivity contribution in [3.63, 3.8) is 0 Å². The normalized spacial score (nSPS) is 13.6. The zero-order chi connectivity index (χ0) is 14.6. The standard InChI is InChI=1S/C16H24N2S2/c1-16(2,3)14-11-20-15(18-14)10-12(17)6-4-7-13-8-5-9-19-13/h5,8-9,11-12H,4,6-7,10,17H2,1-3H3. The lowest BCUT2D eigenvalue weighted by molar-refractivity contribution is 0.558. The van der Waals surface area contributed by atoms with Gasteiger partial charge in [0.05, 0.1) is 10.7 Å². The third kappa shape index (κ3) is 4.69. The number of hydrogen-bond donors (Lipinski definition) is 1. The Morgan fingerprint density at radius 1 is 1.30 bits per heavy atom. The molecule has 0 aliphatic heterocycles. The van der Waals surface area contributed by atoms with Crippen LogP contribution in [0.25, 0.3) is 0 Å². The first kappa shape index (κ1) is 15.7. The van der Waals surface area contributed by atoms with Gasteiger partial charge in [-0.15, -0.1) is 22.7 Å². The van der Waals surface area contributed by atoms with Crippen LogP contribution in [0.3, 0.4) is 0 Å². The van der Waals surface area contributed by atoms with Crippen molar-refractivity contribution >= 4 is 22.7 Å². The van der Waals surface area contributed by atoms with Gasteiger partial charge in [-0.3, -0.25) is 0 Å². The van der Waals surface area contributed by atoms with Gasteiger partial charge in [0.1, 0.15) is 0 Å². The molecule has 0 aliphatic carbocycles. The molecular formula is C16H24N2S2. The molecule has 0 bridgehead atoms. The van der Waals surface area contributed by atoms with Crippen LogP contribution >= 0.6 is 22.7 Å². The average molecular weight is 309 g/mol. The molecule has 1 atom stereocenters. The third-order valence-electron chi connectivity index (χ3n) is 3.34. The van der Waals surface area contributed by atoms with Crippen LogP contribution in [0, 0.1) is 0 Å². The average Bonchev–Trinajstić information content (AvgIpc) is 2.98. The first-order valence-electron chi connectivity index (χ1n) is 7.18. The van der Waals surface area contributed by atoms with Crippen LogP contribution in [-0.4, -0.2) is 11.0 Å². The number of aryl methyl sites for hydroxylation is 1. The van der Waals surface area contributed by atoms with Gasteiger partial charge in [0.15, 0.2) is 0 Å². The zero-order valence-electron chi connectivity index (χ0n) is 12.6. The highest BCUT2D eigenvalue weighted by atomic mass is 32.1. The lowest BCUT2D eigenvalue weighted by atomic mass is 9.93. The van der Waals surface area contributed by atoms with Gasteiger partial charge in [0.25, 0.3) is 0 Å². The lowest BCUT2D eigenvalue weighted by Crippen LogP contribution is -2.23. The summed E-state index contributed by atoms with van der Waals surface area (Å²) in [5.74, 6) is 0. The van der Waals surface area contributed by atoms with E-state index in [0.29, 0.717) is 0 Å². The molecule has 0 amide bonds. The first-order valence-corrected chi connectivity index (χ1v) is 8.94. The smallest absolute Gasteiger partial charge is 0.0943 e. The number of nitrogens with two attached hydrogens (primary N) is 1. The molecule has 2 heterocycles. The molecule has 0 saturated heterocycles. The zero-order valence-corrected chi connectivity index (χ0v) is 14.2. The quantitative estimate of drug-likeness (QED) is 0.859.